The molecule has 0 aliphatic heterocycles. The van der Waals surface area contributed by atoms with E-state index in [1.807, 2.05) is 13.8 Å². The van der Waals surface area contributed by atoms with E-state index in [9.17, 15) is 4.79 Å². The van der Waals surface area contributed by atoms with E-state index in [1.54, 1.807) is 6.92 Å². The minimum atomic E-state index is -0.517. The molecule has 90 valence electrons. The summed E-state index contributed by atoms with van der Waals surface area (Å²) in [7, 11) is 0. The fourth-order valence-electron chi connectivity index (χ4n) is 1.07. The third kappa shape index (κ3) is 3.58. The molecule has 0 radical (unpaired) electrons. The SMILES string of the molecule is CCOC(=O)c1nnnn1CCOC(C)C. The van der Waals surface area contributed by atoms with E-state index < -0.39 is 5.97 Å². The Morgan fingerprint density at radius 1 is 1.50 bits per heavy atom. The molecule has 1 aromatic heterocycles. The Balaban J connectivity index is 2.53. The van der Waals surface area contributed by atoms with Gasteiger partial charge in [-0.05, 0) is 31.2 Å². The van der Waals surface area contributed by atoms with Crippen molar-refractivity contribution in [2.75, 3.05) is 13.2 Å². The maximum absolute atomic E-state index is 11.4. The minimum Gasteiger partial charge on any atom is -0.460 e. The topological polar surface area (TPSA) is 79.1 Å². The van der Waals surface area contributed by atoms with Gasteiger partial charge in [-0.1, -0.05) is 0 Å². The predicted molar refractivity (Wildman–Crippen MR) is 54.9 cm³/mol. The second-order valence-electron chi connectivity index (χ2n) is 3.37. The summed E-state index contributed by atoms with van der Waals surface area (Å²) in [6, 6.07) is 0. The quantitative estimate of drug-likeness (QED) is 0.650. The van der Waals surface area contributed by atoms with Crippen LogP contribution in [0.25, 0.3) is 0 Å². The van der Waals surface area contributed by atoms with Gasteiger partial charge in [0.1, 0.15) is 0 Å². The van der Waals surface area contributed by atoms with Gasteiger partial charge in [0.25, 0.3) is 5.82 Å². The van der Waals surface area contributed by atoms with Crippen LogP contribution in [0.15, 0.2) is 0 Å². The number of ether oxygens (including phenoxy) is 2. The van der Waals surface area contributed by atoms with E-state index in [4.69, 9.17) is 9.47 Å². The monoisotopic (exact) mass is 228 g/mol. The summed E-state index contributed by atoms with van der Waals surface area (Å²) in [5.41, 5.74) is 0. The summed E-state index contributed by atoms with van der Waals surface area (Å²) in [4.78, 5) is 11.4. The van der Waals surface area contributed by atoms with Gasteiger partial charge in [-0.25, -0.2) is 9.48 Å². The largest absolute Gasteiger partial charge is 0.460 e. The molecular weight excluding hydrogens is 212 g/mol. The van der Waals surface area contributed by atoms with Crippen molar-refractivity contribution in [1.29, 1.82) is 0 Å². The molecule has 1 heterocycles. The molecule has 0 amide bonds. The molecule has 0 saturated carbocycles. The van der Waals surface area contributed by atoms with E-state index >= 15 is 0 Å². The van der Waals surface area contributed by atoms with E-state index in [1.165, 1.54) is 4.68 Å². The van der Waals surface area contributed by atoms with Gasteiger partial charge in [0, 0.05) is 0 Å². The molecule has 7 nitrogen and oxygen atoms in total. The molecule has 0 aromatic carbocycles. The Kier molecular flexibility index (Phi) is 4.84. The van der Waals surface area contributed by atoms with Crippen molar-refractivity contribution in [2.45, 2.75) is 33.4 Å². The predicted octanol–water partition coefficient (Wildman–Crippen LogP) is 0.275. The Labute approximate surface area is 93.7 Å². The van der Waals surface area contributed by atoms with Crippen LogP contribution in [-0.2, 0) is 16.0 Å². The third-order valence-corrected chi connectivity index (χ3v) is 1.74. The third-order valence-electron chi connectivity index (χ3n) is 1.74. The normalized spacial score (nSPS) is 10.8. The zero-order valence-electron chi connectivity index (χ0n) is 9.71. The van der Waals surface area contributed by atoms with Gasteiger partial charge in [0.2, 0.25) is 0 Å². The lowest BCUT2D eigenvalue weighted by atomic mass is 10.5. The fourth-order valence-corrected chi connectivity index (χ4v) is 1.07. The molecule has 1 rings (SSSR count). The van der Waals surface area contributed by atoms with Crippen LogP contribution in [0.1, 0.15) is 31.4 Å². The smallest absolute Gasteiger partial charge is 0.378 e. The van der Waals surface area contributed by atoms with Gasteiger partial charge < -0.3 is 9.47 Å². The van der Waals surface area contributed by atoms with Gasteiger partial charge in [0.05, 0.1) is 25.9 Å². The Morgan fingerprint density at radius 3 is 2.88 bits per heavy atom. The molecule has 0 bridgehead atoms. The second kappa shape index (κ2) is 6.16. The van der Waals surface area contributed by atoms with Crippen LogP contribution < -0.4 is 0 Å². The zero-order valence-corrected chi connectivity index (χ0v) is 9.71. The number of tetrazole rings is 1. The van der Waals surface area contributed by atoms with E-state index in [-0.39, 0.29) is 11.9 Å². The standard InChI is InChI=1S/C9H16N4O3/c1-4-15-9(14)8-10-11-12-13(8)5-6-16-7(2)3/h7H,4-6H2,1-3H3. The molecule has 0 unspecified atom stereocenters. The molecular formula is C9H16N4O3. The Hall–Kier alpha value is -1.50. The van der Waals surface area contributed by atoms with Crippen molar-refractivity contribution >= 4 is 5.97 Å². The molecule has 0 aliphatic carbocycles. The highest BCUT2D eigenvalue weighted by molar-refractivity contribution is 5.85. The molecule has 16 heavy (non-hydrogen) atoms. The molecule has 0 spiro atoms. The average Bonchev–Trinajstić information content (AvgIpc) is 2.66. The molecule has 0 aliphatic rings. The maximum Gasteiger partial charge on any atom is 0.378 e. The number of carbonyl (C=O) groups is 1. The van der Waals surface area contributed by atoms with Crippen molar-refractivity contribution in [3.8, 4) is 0 Å². The molecule has 7 heteroatoms. The number of esters is 1. The summed E-state index contributed by atoms with van der Waals surface area (Å²) < 4.78 is 11.5. The lowest BCUT2D eigenvalue weighted by Gasteiger charge is -2.07. The van der Waals surface area contributed by atoms with E-state index in [2.05, 4.69) is 15.5 Å². The van der Waals surface area contributed by atoms with Crippen molar-refractivity contribution in [3.05, 3.63) is 5.82 Å². The molecule has 0 N–H and O–H groups in total. The molecule has 0 atom stereocenters. The number of carbonyl (C=O) groups excluding carboxylic acids is 1. The van der Waals surface area contributed by atoms with Crippen LogP contribution in [0.4, 0.5) is 0 Å². The Bertz CT molecular complexity index is 337. The number of hydrogen-bond acceptors (Lipinski definition) is 6. The van der Waals surface area contributed by atoms with Crippen LogP contribution >= 0.6 is 0 Å². The van der Waals surface area contributed by atoms with Crippen molar-refractivity contribution in [1.82, 2.24) is 20.2 Å². The van der Waals surface area contributed by atoms with Crippen LogP contribution in [0.3, 0.4) is 0 Å². The highest BCUT2D eigenvalue weighted by atomic mass is 16.5. The van der Waals surface area contributed by atoms with Crippen molar-refractivity contribution in [2.24, 2.45) is 0 Å². The molecule has 1 aromatic rings. The average molecular weight is 228 g/mol. The summed E-state index contributed by atoms with van der Waals surface area (Å²) in [5, 5.41) is 10.7. The lowest BCUT2D eigenvalue weighted by molar-refractivity contribution is 0.0488. The van der Waals surface area contributed by atoms with Gasteiger partial charge in [-0.15, -0.1) is 5.10 Å². The first-order valence-electron chi connectivity index (χ1n) is 5.20. The van der Waals surface area contributed by atoms with Gasteiger partial charge in [-0.3, -0.25) is 0 Å². The van der Waals surface area contributed by atoms with Gasteiger partial charge >= 0.3 is 5.97 Å². The fraction of sp³-hybridized carbons (Fsp3) is 0.778. The first-order valence-corrected chi connectivity index (χ1v) is 5.20. The lowest BCUT2D eigenvalue weighted by Crippen LogP contribution is -2.18. The maximum atomic E-state index is 11.4. The highest BCUT2D eigenvalue weighted by Gasteiger charge is 2.16. The van der Waals surface area contributed by atoms with Crippen molar-refractivity contribution in [3.63, 3.8) is 0 Å². The first-order chi connectivity index (χ1) is 7.65. The van der Waals surface area contributed by atoms with E-state index in [0.717, 1.165) is 0 Å². The van der Waals surface area contributed by atoms with Gasteiger partial charge in [0.15, 0.2) is 0 Å². The number of rotatable bonds is 6. The molecule has 0 fully saturated rings. The van der Waals surface area contributed by atoms with Gasteiger partial charge in [-0.2, -0.15) is 0 Å². The number of hydrogen-bond donors (Lipinski definition) is 0. The number of nitrogens with zero attached hydrogens (tertiary/aromatic N) is 4. The second-order valence-corrected chi connectivity index (χ2v) is 3.37. The summed E-state index contributed by atoms with van der Waals surface area (Å²) >= 11 is 0. The Morgan fingerprint density at radius 2 is 2.25 bits per heavy atom. The van der Waals surface area contributed by atoms with Crippen molar-refractivity contribution < 1.29 is 14.3 Å². The first kappa shape index (κ1) is 12.6. The van der Waals surface area contributed by atoms with Crippen LogP contribution in [-0.4, -0.2) is 45.5 Å². The summed E-state index contributed by atoms with van der Waals surface area (Å²) in [5.74, 6) is -0.411. The summed E-state index contributed by atoms with van der Waals surface area (Å²) in [6.45, 7) is 6.79. The zero-order chi connectivity index (χ0) is 12.0. The minimum absolute atomic E-state index is 0.106. The number of aromatic nitrogens is 4. The van der Waals surface area contributed by atoms with Crippen LogP contribution in [0.2, 0.25) is 0 Å². The van der Waals surface area contributed by atoms with Crippen LogP contribution in [0, 0.1) is 0 Å². The van der Waals surface area contributed by atoms with E-state index in [0.29, 0.717) is 19.8 Å². The van der Waals surface area contributed by atoms with Crippen LogP contribution in [0.5, 0.6) is 0 Å². The highest BCUT2D eigenvalue weighted by Crippen LogP contribution is 1.97. The summed E-state index contributed by atoms with van der Waals surface area (Å²) in [6.07, 6.45) is 0.141. The molecule has 0 saturated heterocycles.